The van der Waals surface area contributed by atoms with Crippen molar-refractivity contribution in [2.75, 3.05) is 7.11 Å². The molecule has 0 fully saturated rings. The van der Waals surface area contributed by atoms with Crippen LogP contribution in [-0.4, -0.2) is 30.2 Å². The third-order valence-electron chi connectivity index (χ3n) is 5.70. The average Bonchev–Trinajstić information content (AvgIpc) is 2.75. The van der Waals surface area contributed by atoms with Gasteiger partial charge in [0.05, 0.1) is 24.4 Å². The van der Waals surface area contributed by atoms with E-state index in [4.69, 9.17) is 9.15 Å². The van der Waals surface area contributed by atoms with Crippen LogP contribution < -0.4 is 10.4 Å². The van der Waals surface area contributed by atoms with E-state index < -0.39 is 35.1 Å². The van der Waals surface area contributed by atoms with Crippen molar-refractivity contribution in [3.63, 3.8) is 0 Å². The molecule has 5 nitrogen and oxygen atoms in total. The lowest BCUT2D eigenvalue weighted by Crippen LogP contribution is -2.53. The van der Waals surface area contributed by atoms with Gasteiger partial charge in [0.25, 0.3) is 0 Å². The molecule has 0 saturated carbocycles. The minimum absolute atomic E-state index is 0.0669. The van der Waals surface area contributed by atoms with E-state index in [2.05, 4.69) is 4.99 Å². The van der Waals surface area contributed by atoms with Crippen molar-refractivity contribution in [3.05, 3.63) is 70.5 Å². The molecule has 0 aliphatic rings. The largest absolute Gasteiger partial charge is 0.496 e. The van der Waals surface area contributed by atoms with Gasteiger partial charge in [-0.3, -0.25) is 4.99 Å². The highest BCUT2D eigenvalue weighted by atomic mass is 19.4. The molecule has 0 amide bonds. The normalized spacial score (nSPS) is 16.1. The monoisotopic (exact) mass is 451 g/mol. The molecule has 0 saturated heterocycles. The maximum absolute atomic E-state index is 14.1. The third kappa shape index (κ3) is 4.25. The number of methoxy groups -OCH3 is 1. The summed E-state index contributed by atoms with van der Waals surface area (Å²) in [5.41, 5.74) is -3.61. The zero-order chi connectivity index (χ0) is 23.7. The highest BCUT2D eigenvalue weighted by Gasteiger charge is 2.57. The van der Waals surface area contributed by atoms with E-state index in [1.54, 1.807) is 0 Å². The van der Waals surface area contributed by atoms with E-state index in [1.165, 1.54) is 51.3 Å². The molecule has 0 spiro atoms. The van der Waals surface area contributed by atoms with Crippen LogP contribution in [0.5, 0.6) is 5.75 Å². The molecule has 1 heterocycles. The first-order chi connectivity index (χ1) is 15.0. The molecular formula is C23H21F4NO4. The number of nitrogens with zero attached hydrogens (tertiary/aromatic N) is 1. The molecule has 3 atom stereocenters. The van der Waals surface area contributed by atoms with Crippen molar-refractivity contribution in [1.82, 2.24) is 0 Å². The smallest absolute Gasteiger partial charge is 0.422 e. The quantitative estimate of drug-likeness (QED) is 0.404. The predicted octanol–water partition coefficient (Wildman–Crippen LogP) is 5.38. The molecule has 0 aliphatic carbocycles. The van der Waals surface area contributed by atoms with Gasteiger partial charge in [0.1, 0.15) is 11.6 Å². The van der Waals surface area contributed by atoms with Crippen molar-refractivity contribution >= 4 is 22.7 Å². The first kappa shape index (κ1) is 23.5. The molecule has 170 valence electrons. The van der Waals surface area contributed by atoms with Crippen LogP contribution in [0.15, 0.2) is 62.9 Å². The molecule has 0 bridgehead atoms. The van der Waals surface area contributed by atoms with Crippen molar-refractivity contribution in [3.8, 4) is 5.75 Å². The Bertz CT molecular complexity index is 1200. The standard InChI is InChI=1S/C23H21F4NO4/c1-13(16-8-7-15(24)11-20(16)31-3)14(2)22(30,23(25,26)27)12-28-19-6-4-5-18-17(19)9-10-32-21(18)29/h4-14,30H,1-3H3. The van der Waals surface area contributed by atoms with Gasteiger partial charge in [0.15, 0.2) is 5.60 Å². The van der Waals surface area contributed by atoms with Crippen LogP contribution in [-0.2, 0) is 0 Å². The van der Waals surface area contributed by atoms with Crippen LogP contribution in [0.1, 0.15) is 25.3 Å². The third-order valence-corrected chi connectivity index (χ3v) is 5.70. The van der Waals surface area contributed by atoms with Crippen LogP contribution in [0, 0.1) is 11.7 Å². The fourth-order valence-corrected chi connectivity index (χ4v) is 3.57. The van der Waals surface area contributed by atoms with Crippen LogP contribution in [0.25, 0.3) is 10.8 Å². The Balaban J connectivity index is 2.06. The lowest BCUT2D eigenvalue weighted by Gasteiger charge is -2.36. The van der Waals surface area contributed by atoms with E-state index in [1.807, 2.05) is 0 Å². The van der Waals surface area contributed by atoms with E-state index >= 15 is 0 Å². The van der Waals surface area contributed by atoms with Gasteiger partial charge in [-0.25, -0.2) is 9.18 Å². The van der Waals surface area contributed by atoms with Gasteiger partial charge in [0.2, 0.25) is 0 Å². The number of benzene rings is 2. The van der Waals surface area contributed by atoms with Gasteiger partial charge >= 0.3 is 11.8 Å². The van der Waals surface area contributed by atoms with Crippen LogP contribution in [0.4, 0.5) is 23.2 Å². The Morgan fingerprint density at radius 2 is 1.84 bits per heavy atom. The predicted molar refractivity (Wildman–Crippen MR) is 112 cm³/mol. The number of hydrogen-bond acceptors (Lipinski definition) is 5. The average molecular weight is 451 g/mol. The number of halogens is 4. The molecule has 1 N–H and O–H groups in total. The zero-order valence-corrected chi connectivity index (χ0v) is 17.5. The number of ether oxygens (including phenoxy) is 1. The van der Waals surface area contributed by atoms with Crippen LogP contribution in [0.3, 0.4) is 0 Å². The Hall–Kier alpha value is -3.20. The van der Waals surface area contributed by atoms with Crippen molar-refractivity contribution in [2.45, 2.75) is 31.5 Å². The topological polar surface area (TPSA) is 72.0 Å². The Kier molecular flexibility index (Phi) is 6.41. The number of hydrogen-bond donors (Lipinski definition) is 1. The minimum Gasteiger partial charge on any atom is -0.496 e. The first-order valence-electron chi connectivity index (χ1n) is 9.68. The summed E-state index contributed by atoms with van der Waals surface area (Å²) in [5.74, 6) is -2.83. The Labute approximate surface area is 181 Å². The molecule has 32 heavy (non-hydrogen) atoms. The molecular weight excluding hydrogens is 430 g/mol. The molecule has 2 aromatic carbocycles. The van der Waals surface area contributed by atoms with Gasteiger partial charge in [0, 0.05) is 23.6 Å². The van der Waals surface area contributed by atoms with Gasteiger partial charge < -0.3 is 14.3 Å². The molecule has 3 rings (SSSR count). The SMILES string of the molecule is COc1cc(F)ccc1C(C)C(C)C(O)(C=Nc1cccc2c(=O)occc12)C(F)(F)F. The maximum Gasteiger partial charge on any atom is 0.422 e. The van der Waals surface area contributed by atoms with Crippen LogP contribution >= 0.6 is 0 Å². The lowest BCUT2D eigenvalue weighted by atomic mass is 9.77. The fourth-order valence-electron chi connectivity index (χ4n) is 3.57. The summed E-state index contributed by atoms with van der Waals surface area (Å²) in [7, 11) is 1.28. The minimum atomic E-state index is -5.07. The molecule has 9 heteroatoms. The van der Waals surface area contributed by atoms with Crippen molar-refractivity contribution < 1.29 is 31.8 Å². The van der Waals surface area contributed by atoms with Crippen molar-refractivity contribution in [1.29, 1.82) is 0 Å². The lowest BCUT2D eigenvalue weighted by molar-refractivity contribution is -0.246. The summed E-state index contributed by atoms with van der Waals surface area (Å²) in [6, 6.07) is 9.25. The molecule has 1 aromatic heterocycles. The fraction of sp³-hybridized carbons (Fsp3) is 0.304. The second kappa shape index (κ2) is 8.74. The zero-order valence-electron chi connectivity index (χ0n) is 17.5. The summed E-state index contributed by atoms with van der Waals surface area (Å²) in [5, 5.41) is 11.2. The number of alkyl halides is 3. The van der Waals surface area contributed by atoms with E-state index in [-0.39, 0.29) is 22.2 Å². The summed E-state index contributed by atoms with van der Waals surface area (Å²) >= 11 is 0. The first-order valence-corrected chi connectivity index (χ1v) is 9.68. The highest BCUT2D eigenvalue weighted by molar-refractivity contribution is 5.93. The number of aliphatic hydroxyl groups is 1. The van der Waals surface area contributed by atoms with Gasteiger partial charge in [-0.05, 0) is 35.7 Å². The number of fused-ring (bicyclic) bond motifs is 1. The maximum atomic E-state index is 14.1. The van der Waals surface area contributed by atoms with Gasteiger partial charge in [-0.2, -0.15) is 13.2 Å². The van der Waals surface area contributed by atoms with Crippen LogP contribution in [0.2, 0.25) is 0 Å². The van der Waals surface area contributed by atoms with E-state index in [9.17, 15) is 27.5 Å². The Morgan fingerprint density at radius 3 is 2.50 bits per heavy atom. The molecule has 0 aliphatic heterocycles. The summed E-state index contributed by atoms with van der Waals surface area (Å²) in [6.45, 7) is 2.71. The molecule has 3 aromatic rings. The second-order valence-corrected chi connectivity index (χ2v) is 7.49. The Morgan fingerprint density at radius 1 is 1.12 bits per heavy atom. The summed E-state index contributed by atoms with van der Waals surface area (Å²) in [6.07, 6.45) is -3.51. The molecule has 0 radical (unpaired) electrons. The summed E-state index contributed by atoms with van der Waals surface area (Å²) < 4.78 is 65.6. The second-order valence-electron chi connectivity index (χ2n) is 7.49. The van der Waals surface area contributed by atoms with Crippen molar-refractivity contribution in [2.24, 2.45) is 10.9 Å². The number of aliphatic imine (C=N–C) groups is 1. The summed E-state index contributed by atoms with van der Waals surface area (Å²) in [4.78, 5) is 15.7. The number of rotatable bonds is 6. The van der Waals surface area contributed by atoms with Gasteiger partial charge in [-0.1, -0.05) is 26.0 Å². The highest BCUT2D eigenvalue weighted by Crippen LogP contribution is 2.44. The molecule has 3 unspecified atom stereocenters. The van der Waals surface area contributed by atoms with E-state index in [0.717, 1.165) is 18.4 Å². The van der Waals surface area contributed by atoms with Gasteiger partial charge in [-0.15, -0.1) is 0 Å². The van der Waals surface area contributed by atoms with E-state index in [0.29, 0.717) is 11.8 Å².